The molecule has 1 unspecified atom stereocenters. The zero-order valence-electron chi connectivity index (χ0n) is 17.6. The van der Waals surface area contributed by atoms with Crippen LogP contribution < -0.4 is 30.0 Å². The Hall–Kier alpha value is -3.14. The highest BCUT2D eigenvalue weighted by atomic mass is 19.4. The number of nitrogens with one attached hydrogen (secondary N) is 1. The SMILES string of the molecule is COc1c(Oc2ccc(CCN)cc2)cc(C(=O)NC(C)C(F)(F)F)c(OC)c1OC. The van der Waals surface area contributed by atoms with Gasteiger partial charge in [0.1, 0.15) is 11.8 Å². The third-order valence-electron chi connectivity index (χ3n) is 4.44. The lowest BCUT2D eigenvalue weighted by Crippen LogP contribution is -2.43. The first-order valence-electron chi connectivity index (χ1n) is 9.33. The Morgan fingerprint density at radius 3 is 2.10 bits per heavy atom. The van der Waals surface area contributed by atoms with Gasteiger partial charge >= 0.3 is 6.18 Å². The smallest absolute Gasteiger partial charge is 0.408 e. The number of carbonyl (C=O) groups excluding carboxylic acids is 1. The Kier molecular flexibility index (Phi) is 7.98. The predicted octanol–water partition coefficient (Wildman–Crippen LogP) is 3.69. The first-order chi connectivity index (χ1) is 14.7. The first kappa shape index (κ1) is 24.1. The number of alkyl halides is 3. The highest BCUT2D eigenvalue weighted by Gasteiger charge is 2.38. The predicted molar refractivity (Wildman–Crippen MR) is 108 cm³/mol. The molecule has 3 N–H and O–H groups in total. The summed E-state index contributed by atoms with van der Waals surface area (Å²) < 4.78 is 60.4. The van der Waals surface area contributed by atoms with Crippen LogP contribution in [0.15, 0.2) is 30.3 Å². The summed E-state index contributed by atoms with van der Waals surface area (Å²) in [6.45, 7) is 1.34. The number of amides is 1. The molecule has 0 spiro atoms. The summed E-state index contributed by atoms with van der Waals surface area (Å²) in [6.07, 6.45) is -3.91. The standard InChI is InChI=1S/C21H25F3N2O5/c1-12(21(22,23)24)26-20(27)15-11-16(18(29-3)19(30-4)17(15)28-2)31-14-7-5-13(6-8-14)9-10-25/h5-8,11-12H,9-10,25H2,1-4H3,(H,26,27). The molecule has 0 saturated heterocycles. The Labute approximate surface area is 178 Å². The minimum absolute atomic E-state index is 0.00654. The van der Waals surface area contributed by atoms with Crippen molar-refractivity contribution in [1.82, 2.24) is 5.32 Å². The third kappa shape index (κ3) is 5.72. The number of nitrogens with two attached hydrogens (primary N) is 1. The van der Waals surface area contributed by atoms with Crippen molar-refractivity contribution in [2.45, 2.75) is 25.6 Å². The van der Waals surface area contributed by atoms with Crippen molar-refractivity contribution in [2.24, 2.45) is 5.73 Å². The summed E-state index contributed by atoms with van der Waals surface area (Å²) in [5.41, 5.74) is 6.35. The van der Waals surface area contributed by atoms with Crippen molar-refractivity contribution in [1.29, 1.82) is 0 Å². The van der Waals surface area contributed by atoms with E-state index in [4.69, 9.17) is 24.7 Å². The molecule has 0 heterocycles. The maximum absolute atomic E-state index is 12.9. The second-order valence-corrected chi connectivity index (χ2v) is 6.54. The monoisotopic (exact) mass is 442 g/mol. The highest BCUT2D eigenvalue weighted by Crippen LogP contribution is 2.48. The van der Waals surface area contributed by atoms with E-state index in [0.717, 1.165) is 12.5 Å². The second kappa shape index (κ2) is 10.3. The van der Waals surface area contributed by atoms with E-state index >= 15 is 0 Å². The van der Waals surface area contributed by atoms with Crippen molar-refractivity contribution >= 4 is 5.91 Å². The van der Waals surface area contributed by atoms with Crippen molar-refractivity contribution in [3.05, 3.63) is 41.5 Å². The maximum Gasteiger partial charge on any atom is 0.408 e. The Morgan fingerprint density at radius 1 is 1.03 bits per heavy atom. The van der Waals surface area contributed by atoms with Crippen molar-refractivity contribution in [3.8, 4) is 28.7 Å². The summed E-state index contributed by atoms with van der Waals surface area (Å²) >= 11 is 0. The van der Waals surface area contributed by atoms with Gasteiger partial charge in [-0.15, -0.1) is 0 Å². The van der Waals surface area contributed by atoms with Crippen molar-refractivity contribution < 1.29 is 36.9 Å². The zero-order chi connectivity index (χ0) is 23.2. The van der Waals surface area contributed by atoms with Crippen LogP contribution in [0.3, 0.4) is 0 Å². The minimum atomic E-state index is -4.61. The van der Waals surface area contributed by atoms with Crippen LogP contribution in [-0.4, -0.2) is 46.0 Å². The maximum atomic E-state index is 12.9. The molecule has 0 saturated carbocycles. The van der Waals surface area contributed by atoms with Gasteiger partial charge in [-0.1, -0.05) is 12.1 Å². The molecule has 0 aromatic heterocycles. The lowest BCUT2D eigenvalue weighted by Gasteiger charge is -2.21. The van der Waals surface area contributed by atoms with Crippen molar-refractivity contribution in [2.75, 3.05) is 27.9 Å². The van der Waals surface area contributed by atoms with Crippen LogP contribution in [0.5, 0.6) is 28.7 Å². The molecule has 31 heavy (non-hydrogen) atoms. The number of ether oxygens (including phenoxy) is 4. The lowest BCUT2D eigenvalue weighted by molar-refractivity contribution is -0.149. The summed E-state index contributed by atoms with van der Waals surface area (Å²) in [5, 5.41) is 1.90. The van der Waals surface area contributed by atoms with Crippen LogP contribution in [0.25, 0.3) is 0 Å². The summed E-state index contributed by atoms with van der Waals surface area (Å²) in [5.74, 6) is -0.488. The van der Waals surface area contributed by atoms with Gasteiger partial charge in [-0.05, 0) is 37.6 Å². The number of hydrogen-bond acceptors (Lipinski definition) is 6. The largest absolute Gasteiger partial charge is 0.492 e. The normalized spacial score (nSPS) is 12.1. The zero-order valence-corrected chi connectivity index (χ0v) is 17.6. The van der Waals surface area contributed by atoms with E-state index in [1.165, 1.54) is 27.4 Å². The fourth-order valence-electron chi connectivity index (χ4n) is 2.80. The average molecular weight is 442 g/mol. The van der Waals surface area contributed by atoms with Gasteiger partial charge in [-0.25, -0.2) is 0 Å². The quantitative estimate of drug-likeness (QED) is 0.616. The van der Waals surface area contributed by atoms with Crippen molar-refractivity contribution in [3.63, 3.8) is 0 Å². The summed E-state index contributed by atoms with van der Waals surface area (Å²) in [4.78, 5) is 12.6. The van der Waals surface area contributed by atoms with Gasteiger partial charge in [-0.2, -0.15) is 13.2 Å². The topological polar surface area (TPSA) is 92.0 Å². The average Bonchev–Trinajstić information content (AvgIpc) is 2.73. The molecule has 7 nitrogen and oxygen atoms in total. The van der Waals surface area contributed by atoms with E-state index < -0.39 is 18.1 Å². The molecule has 1 atom stereocenters. The van der Waals surface area contributed by atoms with Gasteiger partial charge in [0.15, 0.2) is 11.5 Å². The van der Waals surface area contributed by atoms with Gasteiger partial charge in [0.25, 0.3) is 5.91 Å². The number of methoxy groups -OCH3 is 3. The Morgan fingerprint density at radius 2 is 1.61 bits per heavy atom. The van der Waals surface area contributed by atoms with Crippen LogP contribution in [-0.2, 0) is 6.42 Å². The summed E-state index contributed by atoms with van der Waals surface area (Å²) in [7, 11) is 3.93. The molecule has 0 aliphatic heterocycles. The van der Waals surface area contributed by atoms with E-state index in [-0.39, 0.29) is 28.6 Å². The molecule has 0 aliphatic rings. The molecular weight excluding hydrogens is 417 g/mol. The molecule has 0 aliphatic carbocycles. The van der Waals surface area contributed by atoms with E-state index in [1.807, 2.05) is 17.4 Å². The fourth-order valence-corrected chi connectivity index (χ4v) is 2.80. The van der Waals surface area contributed by atoms with Crippen LogP contribution >= 0.6 is 0 Å². The second-order valence-electron chi connectivity index (χ2n) is 6.54. The molecule has 1 amide bonds. The van der Waals surface area contributed by atoms with E-state index in [1.54, 1.807) is 12.1 Å². The van der Waals surface area contributed by atoms with E-state index in [2.05, 4.69) is 0 Å². The molecule has 2 aromatic carbocycles. The molecule has 0 radical (unpaired) electrons. The van der Waals surface area contributed by atoms with Crippen LogP contribution in [0, 0.1) is 0 Å². The van der Waals surface area contributed by atoms with Crippen LogP contribution in [0.2, 0.25) is 0 Å². The Balaban J connectivity index is 2.49. The molecule has 0 bridgehead atoms. The lowest BCUT2D eigenvalue weighted by atomic mass is 10.1. The molecule has 0 fully saturated rings. The van der Waals surface area contributed by atoms with E-state index in [9.17, 15) is 18.0 Å². The fraction of sp³-hybridized carbons (Fsp3) is 0.381. The van der Waals surface area contributed by atoms with Gasteiger partial charge in [0.2, 0.25) is 11.5 Å². The first-order valence-corrected chi connectivity index (χ1v) is 9.33. The summed E-state index contributed by atoms with van der Waals surface area (Å²) in [6, 6.07) is 6.23. The third-order valence-corrected chi connectivity index (χ3v) is 4.44. The molecule has 10 heteroatoms. The van der Waals surface area contributed by atoms with E-state index in [0.29, 0.717) is 18.7 Å². The molecule has 170 valence electrons. The highest BCUT2D eigenvalue weighted by molar-refractivity contribution is 5.99. The number of hydrogen-bond donors (Lipinski definition) is 2. The number of carbonyl (C=O) groups is 1. The minimum Gasteiger partial charge on any atom is -0.492 e. The number of benzene rings is 2. The van der Waals surface area contributed by atoms with Gasteiger partial charge in [0.05, 0.1) is 26.9 Å². The van der Waals surface area contributed by atoms with Crippen LogP contribution in [0.4, 0.5) is 13.2 Å². The molecule has 2 rings (SSSR count). The molecule has 2 aromatic rings. The Bertz CT molecular complexity index is 901. The van der Waals surface area contributed by atoms with Crippen LogP contribution in [0.1, 0.15) is 22.8 Å². The van der Waals surface area contributed by atoms with Gasteiger partial charge < -0.3 is 30.0 Å². The molecular formula is C21H25F3N2O5. The van der Waals surface area contributed by atoms with Gasteiger partial charge in [-0.3, -0.25) is 4.79 Å². The number of halogens is 3. The van der Waals surface area contributed by atoms with Gasteiger partial charge in [0, 0.05) is 6.07 Å². The number of rotatable bonds is 9.